The van der Waals surface area contributed by atoms with E-state index in [0.29, 0.717) is 5.82 Å². The van der Waals surface area contributed by atoms with E-state index in [4.69, 9.17) is 0 Å². The van der Waals surface area contributed by atoms with Crippen molar-refractivity contribution in [3.63, 3.8) is 0 Å². The van der Waals surface area contributed by atoms with Crippen molar-refractivity contribution in [2.75, 3.05) is 5.32 Å². The van der Waals surface area contributed by atoms with Gasteiger partial charge in [-0.2, -0.15) is 14.6 Å². The van der Waals surface area contributed by atoms with E-state index in [-0.39, 0.29) is 0 Å². The van der Waals surface area contributed by atoms with Gasteiger partial charge in [0.25, 0.3) is 0 Å². The van der Waals surface area contributed by atoms with Crippen molar-refractivity contribution < 1.29 is 0 Å². The lowest BCUT2D eigenvalue weighted by atomic mass is 10.3. The second kappa shape index (κ2) is 7.00. The van der Waals surface area contributed by atoms with Gasteiger partial charge >= 0.3 is 0 Å². The molecule has 31 heavy (non-hydrogen) atoms. The van der Waals surface area contributed by atoms with E-state index in [2.05, 4.69) is 45.9 Å². The summed E-state index contributed by atoms with van der Waals surface area (Å²) < 4.78 is 8.63. The number of aromatic amines is 1. The lowest BCUT2D eigenvalue weighted by molar-refractivity contribution is 0.267. The quantitative estimate of drug-likeness (QED) is 0.440. The Morgan fingerprint density at radius 3 is 3.00 bits per heavy atom. The summed E-state index contributed by atoms with van der Waals surface area (Å²) in [7, 11) is 2.00. The summed E-state index contributed by atoms with van der Waals surface area (Å²) in [5.74, 6) is 0.713. The normalized spacial score (nSPS) is 13.9. The molecule has 0 spiro atoms. The number of H-pyrrole nitrogens is 1. The molecule has 10 nitrogen and oxygen atoms in total. The summed E-state index contributed by atoms with van der Waals surface area (Å²) in [4.78, 5) is 11.6. The van der Waals surface area contributed by atoms with Crippen molar-refractivity contribution in [2.45, 2.75) is 26.6 Å². The van der Waals surface area contributed by atoms with E-state index in [0.717, 1.165) is 52.9 Å². The number of fused-ring (bicyclic) bond motifs is 2. The molecule has 0 bridgehead atoms. The number of nitrogens with zero attached hydrogens (tertiary/aromatic N) is 8. The van der Waals surface area contributed by atoms with Gasteiger partial charge in [-0.3, -0.25) is 19.1 Å². The third-order valence-electron chi connectivity index (χ3n) is 5.51. The van der Waals surface area contributed by atoms with E-state index in [1.165, 1.54) is 22.8 Å². The largest absolute Gasteiger partial charge is 0.328 e. The molecule has 0 aliphatic carbocycles. The van der Waals surface area contributed by atoms with Gasteiger partial charge in [-0.25, -0.2) is 9.97 Å². The zero-order valence-electron chi connectivity index (χ0n) is 17.1. The van der Waals surface area contributed by atoms with Crippen molar-refractivity contribution in [3.05, 3.63) is 59.7 Å². The van der Waals surface area contributed by atoms with Crippen LogP contribution in [0.2, 0.25) is 0 Å². The first-order chi connectivity index (χ1) is 15.1. The second-order valence-electron chi connectivity index (χ2n) is 7.75. The van der Waals surface area contributed by atoms with Gasteiger partial charge < -0.3 is 5.32 Å². The second-order valence-corrected chi connectivity index (χ2v) is 8.55. The lowest BCUT2D eigenvalue weighted by Crippen LogP contribution is -2.17. The van der Waals surface area contributed by atoms with Crippen molar-refractivity contribution in [2.24, 2.45) is 7.05 Å². The summed E-state index contributed by atoms with van der Waals surface area (Å²) >= 11 is 1.44. The third-order valence-corrected chi connectivity index (χ3v) is 6.25. The highest BCUT2D eigenvalue weighted by Crippen LogP contribution is 2.29. The number of aromatic nitrogens is 8. The molecule has 6 rings (SSSR count). The molecule has 0 radical (unpaired) electrons. The van der Waals surface area contributed by atoms with E-state index in [1.807, 2.05) is 47.8 Å². The van der Waals surface area contributed by atoms with Crippen molar-refractivity contribution in [3.8, 4) is 11.3 Å². The number of aryl methyl sites for hydroxylation is 2. The first kappa shape index (κ1) is 18.2. The number of hydrogen-bond donors (Lipinski definition) is 2. The Bertz CT molecular complexity index is 1380. The Kier molecular flexibility index (Phi) is 4.11. The maximum absolute atomic E-state index is 4.67. The van der Waals surface area contributed by atoms with Crippen molar-refractivity contribution >= 4 is 28.0 Å². The predicted molar refractivity (Wildman–Crippen MR) is 117 cm³/mol. The Morgan fingerprint density at radius 1 is 1.23 bits per heavy atom. The van der Waals surface area contributed by atoms with Gasteiger partial charge in [-0.15, -0.1) is 0 Å². The fourth-order valence-electron chi connectivity index (χ4n) is 4.05. The van der Waals surface area contributed by atoms with Gasteiger partial charge in [0.15, 0.2) is 11.5 Å². The summed E-state index contributed by atoms with van der Waals surface area (Å²) in [6.45, 7) is 4.59. The van der Waals surface area contributed by atoms with Crippen LogP contribution in [0, 0.1) is 6.92 Å². The van der Waals surface area contributed by atoms with Crippen LogP contribution >= 0.6 is 11.5 Å². The lowest BCUT2D eigenvalue weighted by Gasteiger charge is -2.13. The van der Waals surface area contributed by atoms with Crippen LogP contribution in [0.25, 0.3) is 16.9 Å². The van der Waals surface area contributed by atoms with Crippen molar-refractivity contribution in [1.29, 1.82) is 0 Å². The molecule has 1 aliphatic heterocycles. The SMILES string of the molecule is Cc1cn2c(-c3cn[nH]c3)cnc2c(Nc2cc(CN3Cc4cnn(C)c4C3)ns2)n1. The van der Waals surface area contributed by atoms with Crippen LogP contribution in [0.15, 0.2) is 37.1 Å². The van der Waals surface area contributed by atoms with Crippen LogP contribution in [-0.2, 0) is 26.7 Å². The molecule has 0 amide bonds. The average molecular weight is 433 g/mol. The van der Waals surface area contributed by atoms with Crippen LogP contribution in [0.5, 0.6) is 0 Å². The van der Waals surface area contributed by atoms with E-state index in [9.17, 15) is 0 Å². The molecule has 2 N–H and O–H groups in total. The first-order valence-electron chi connectivity index (χ1n) is 9.92. The van der Waals surface area contributed by atoms with Gasteiger partial charge in [0.05, 0.1) is 41.4 Å². The highest BCUT2D eigenvalue weighted by Gasteiger charge is 2.23. The molecular formula is C20H20N10S. The fourth-order valence-corrected chi connectivity index (χ4v) is 4.71. The van der Waals surface area contributed by atoms with Crippen molar-refractivity contribution in [1.82, 2.24) is 43.6 Å². The highest BCUT2D eigenvalue weighted by molar-refractivity contribution is 7.10. The minimum atomic E-state index is 0.713. The van der Waals surface area contributed by atoms with E-state index in [1.54, 1.807) is 6.20 Å². The van der Waals surface area contributed by atoms with Gasteiger partial charge in [0.2, 0.25) is 0 Å². The number of anilines is 2. The summed E-state index contributed by atoms with van der Waals surface area (Å²) in [5, 5.41) is 15.6. The standard InChI is InChI=1S/C20H20N10S/c1-12-8-30-16(13-4-22-23-5-13)7-21-20(30)19(25-12)26-18-3-15(27-31-18)10-29-9-14-6-24-28(2)17(14)11-29/h3-8H,9-11H2,1-2H3,(H,22,23)(H,25,26). The fraction of sp³-hybridized carbons (Fsp3) is 0.250. The van der Waals surface area contributed by atoms with E-state index < -0.39 is 0 Å². The molecule has 11 heteroatoms. The Morgan fingerprint density at radius 2 is 2.16 bits per heavy atom. The molecule has 5 aromatic rings. The van der Waals surface area contributed by atoms with Gasteiger partial charge in [0, 0.05) is 50.2 Å². The Labute approximate surface area is 181 Å². The molecule has 0 unspecified atom stereocenters. The maximum Gasteiger partial charge on any atom is 0.180 e. The molecule has 0 atom stereocenters. The molecule has 0 saturated heterocycles. The minimum absolute atomic E-state index is 0.713. The van der Waals surface area contributed by atoms with Gasteiger partial charge in [-0.1, -0.05) is 0 Å². The number of hydrogen-bond acceptors (Lipinski definition) is 8. The summed E-state index contributed by atoms with van der Waals surface area (Å²) in [6, 6.07) is 2.09. The predicted octanol–water partition coefficient (Wildman–Crippen LogP) is 2.88. The topological polar surface area (TPSA) is 105 Å². The molecule has 1 aliphatic rings. The maximum atomic E-state index is 4.67. The molecule has 0 saturated carbocycles. The van der Waals surface area contributed by atoms with E-state index >= 15 is 0 Å². The summed E-state index contributed by atoms with van der Waals surface area (Å²) in [6.07, 6.45) is 9.42. The summed E-state index contributed by atoms with van der Waals surface area (Å²) in [5.41, 5.74) is 7.23. The highest BCUT2D eigenvalue weighted by atomic mass is 32.1. The number of nitrogens with one attached hydrogen (secondary N) is 2. The number of imidazole rings is 1. The van der Waals surface area contributed by atoms with Crippen LogP contribution < -0.4 is 5.32 Å². The average Bonchev–Trinajstić information content (AvgIpc) is 3.53. The smallest absolute Gasteiger partial charge is 0.180 e. The van der Waals surface area contributed by atoms with Crippen LogP contribution in [0.4, 0.5) is 10.8 Å². The number of rotatable bonds is 5. The molecule has 0 fully saturated rings. The molecule has 156 valence electrons. The molecule has 0 aromatic carbocycles. The molecular weight excluding hydrogens is 412 g/mol. The molecule has 5 aromatic heterocycles. The Hall–Kier alpha value is -3.57. The first-order valence-corrected chi connectivity index (χ1v) is 10.7. The van der Waals surface area contributed by atoms with Crippen LogP contribution in [0.1, 0.15) is 22.6 Å². The molecule has 6 heterocycles. The monoisotopic (exact) mass is 432 g/mol. The zero-order valence-corrected chi connectivity index (χ0v) is 17.9. The van der Waals surface area contributed by atoms with Gasteiger partial charge in [-0.05, 0) is 24.5 Å². The zero-order chi connectivity index (χ0) is 20.9. The Balaban J connectivity index is 1.23. The minimum Gasteiger partial charge on any atom is -0.328 e. The van der Waals surface area contributed by atoms with Crippen LogP contribution in [0.3, 0.4) is 0 Å². The third kappa shape index (κ3) is 3.18. The van der Waals surface area contributed by atoms with Gasteiger partial charge in [0.1, 0.15) is 5.00 Å². The van der Waals surface area contributed by atoms with Crippen LogP contribution in [-0.4, -0.2) is 43.6 Å².